The third-order valence-corrected chi connectivity index (χ3v) is 3.97. The standard InChI is InChI=1S/C18H15BrO3/c1-2-13-9-18(20)22-17-10-15(6-7-16(13)17)21-11-12-4-3-5-14(19)8-12/h3-10H,2,11H2,1H3. The van der Waals surface area contributed by atoms with E-state index in [4.69, 9.17) is 9.15 Å². The maximum absolute atomic E-state index is 11.6. The molecule has 0 saturated carbocycles. The number of hydrogen-bond acceptors (Lipinski definition) is 3. The number of benzene rings is 2. The van der Waals surface area contributed by atoms with Gasteiger partial charge < -0.3 is 9.15 Å². The van der Waals surface area contributed by atoms with Crippen LogP contribution in [0.2, 0.25) is 0 Å². The molecule has 1 aromatic heterocycles. The van der Waals surface area contributed by atoms with Gasteiger partial charge in [0.2, 0.25) is 0 Å². The van der Waals surface area contributed by atoms with Gasteiger partial charge >= 0.3 is 5.63 Å². The second-order valence-corrected chi connectivity index (χ2v) is 5.94. The minimum atomic E-state index is -0.325. The molecule has 22 heavy (non-hydrogen) atoms. The highest BCUT2D eigenvalue weighted by Crippen LogP contribution is 2.24. The molecule has 112 valence electrons. The summed E-state index contributed by atoms with van der Waals surface area (Å²) in [7, 11) is 0. The summed E-state index contributed by atoms with van der Waals surface area (Å²) < 4.78 is 12.1. The van der Waals surface area contributed by atoms with Gasteiger partial charge in [-0.2, -0.15) is 0 Å². The molecule has 0 atom stereocenters. The molecule has 0 spiro atoms. The van der Waals surface area contributed by atoms with E-state index in [-0.39, 0.29) is 5.63 Å². The van der Waals surface area contributed by atoms with Crippen LogP contribution < -0.4 is 10.4 Å². The van der Waals surface area contributed by atoms with Crippen molar-refractivity contribution in [2.75, 3.05) is 0 Å². The zero-order chi connectivity index (χ0) is 15.5. The van der Waals surface area contributed by atoms with E-state index in [1.54, 1.807) is 12.1 Å². The fourth-order valence-electron chi connectivity index (χ4n) is 2.39. The Labute approximate surface area is 136 Å². The first kappa shape index (κ1) is 14.9. The maximum atomic E-state index is 11.6. The van der Waals surface area contributed by atoms with Gasteiger partial charge in [0.15, 0.2) is 0 Å². The molecule has 0 aliphatic rings. The van der Waals surface area contributed by atoms with Gasteiger partial charge in [0.1, 0.15) is 17.9 Å². The molecule has 4 heteroatoms. The van der Waals surface area contributed by atoms with Crippen molar-refractivity contribution in [3.05, 3.63) is 74.6 Å². The lowest BCUT2D eigenvalue weighted by Gasteiger charge is -2.08. The summed E-state index contributed by atoms with van der Waals surface area (Å²) in [5.41, 5.74) is 2.30. The summed E-state index contributed by atoms with van der Waals surface area (Å²) in [6, 6.07) is 15.1. The van der Waals surface area contributed by atoms with Crippen LogP contribution in [-0.4, -0.2) is 0 Å². The SMILES string of the molecule is CCc1cc(=O)oc2cc(OCc3cccc(Br)c3)ccc12. The summed E-state index contributed by atoms with van der Waals surface area (Å²) in [6.45, 7) is 2.48. The van der Waals surface area contributed by atoms with Crippen LogP contribution in [0.1, 0.15) is 18.1 Å². The van der Waals surface area contributed by atoms with Gasteiger partial charge in [-0.15, -0.1) is 0 Å². The van der Waals surface area contributed by atoms with E-state index in [0.29, 0.717) is 17.9 Å². The fourth-order valence-corrected chi connectivity index (χ4v) is 2.83. The van der Waals surface area contributed by atoms with E-state index in [1.807, 2.05) is 43.3 Å². The Morgan fingerprint density at radius 2 is 2.00 bits per heavy atom. The number of fused-ring (bicyclic) bond motifs is 1. The van der Waals surface area contributed by atoms with Crippen LogP contribution in [0, 0.1) is 0 Å². The average molecular weight is 359 g/mol. The highest BCUT2D eigenvalue weighted by atomic mass is 79.9. The highest BCUT2D eigenvalue weighted by molar-refractivity contribution is 9.10. The minimum Gasteiger partial charge on any atom is -0.489 e. The third-order valence-electron chi connectivity index (χ3n) is 3.48. The largest absolute Gasteiger partial charge is 0.489 e. The molecule has 3 nitrogen and oxygen atoms in total. The molecule has 0 saturated heterocycles. The number of rotatable bonds is 4. The first-order valence-electron chi connectivity index (χ1n) is 7.10. The lowest BCUT2D eigenvalue weighted by Crippen LogP contribution is -2.00. The topological polar surface area (TPSA) is 39.4 Å². The Balaban J connectivity index is 1.87. The zero-order valence-corrected chi connectivity index (χ0v) is 13.7. The molecular weight excluding hydrogens is 344 g/mol. The molecule has 3 rings (SSSR count). The van der Waals surface area contributed by atoms with Crippen LogP contribution in [-0.2, 0) is 13.0 Å². The Bertz CT molecular complexity index is 868. The summed E-state index contributed by atoms with van der Waals surface area (Å²) in [6.07, 6.45) is 0.792. The van der Waals surface area contributed by atoms with Gasteiger partial charge in [-0.1, -0.05) is 35.0 Å². The Kier molecular flexibility index (Phi) is 4.29. The van der Waals surface area contributed by atoms with E-state index < -0.39 is 0 Å². The van der Waals surface area contributed by atoms with Crippen LogP contribution >= 0.6 is 15.9 Å². The van der Waals surface area contributed by atoms with Crippen LogP contribution in [0.15, 0.2) is 62.2 Å². The van der Waals surface area contributed by atoms with Crippen molar-refractivity contribution < 1.29 is 9.15 Å². The van der Waals surface area contributed by atoms with E-state index in [2.05, 4.69) is 15.9 Å². The van der Waals surface area contributed by atoms with Gasteiger partial charge in [-0.3, -0.25) is 0 Å². The number of ether oxygens (including phenoxy) is 1. The lowest BCUT2D eigenvalue weighted by molar-refractivity contribution is 0.306. The summed E-state index contributed by atoms with van der Waals surface area (Å²) in [5, 5.41) is 0.955. The molecule has 0 amide bonds. The van der Waals surface area contributed by atoms with Crippen molar-refractivity contribution in [3.8, 4) is 5.75 Å². The van der Waals surface area contributed by atoms with Crippen molar-refractivity contribution in [1.82, 2.24) is 0 Å². The smallest absolute Gasteiger partial charge is 0.336 e. The molecule has 2 aromatic carbocycles. The van der Waals surface area contributed by atoms with Gasteiger partial charge in [-0.05, 0) is 41.8 Å². The summed E-state index contributed by atoms with van der Waals surface area (Å²) in [4.78, 5) is 11.6. The van der Waals surface area contributed by atoms with Gasteiger partial charge in [0.25, 0.3) is 0 Å². The van der Waals surface area contributed by atoms with Crippen molar-refractivity contribution in [1.29, 1.82) is 0 Å². The predicted molar refractivity (Wildman–Crippen MR) is 90.3 cm³/mol. The third kappa shape index (κ3) is 3.22. The average Bonchev–Trinajstić information content (AvgIpc) is 2.51. The van der Waals surface area contributed by atoms with Gasteiger partial charge in [-0.25, -0.2) is 4.79 Å². The maximum Gasteiger partial charge on any atom is 0.336 e. The van der Waals surface area contributed by atoms with E-state index in [1.165, 1.54) is 0 Å². The first-order valence-corrected chi connectivity index (χ1v) is 7.89. The molecule has 0 fully saturated rings. The van der Waals surface area contributed by atoms with Crippen LogP contribution in [0.25, 0.3) is 11.0 Å². The Hall–Kier alpha value is -2.07. The molecule has 0 unspecified atom stereocenters. The van der Waals surface area contributed by atoms with Crippen LogP contribution in [0.3, 0.4) is 0 Å². The van der Waals surface area contributed by atoms with E-state index in [9.17, 15) is 4.79 Å². The van der Waals surface area contributed by atoms with Crippen molar-refractivity contribution in [2.24, 2.45) is 0 Å². The normalized spacial score (nSPS) is 10.8. The summed E-state index contributed by atoms with van der Waals surface area (Å²) in [5.74, 6) is 0.684. The molecular formula is C18H15BrO3. The molecule has 0 N–H and O–H groups in total. The summed E-state index contributed by atoms with van der Waals surface area (Å²) >= 11 is 3.44. The highest BCUT2D eigenvalue weighted by Gasteiger charge is 2.06. The van der Waals surface area contributed by atoms with E-state index >= 15 is 0 Å². The van der Waals surface area contributed by atoms with Crippen molar-refractivity contribution >= 4 is 26.9 Å². The minimum absolute atomic E-state index is 0.325. The fraction of sp³-hybridized carbons (Fsp3) is 0.167. The van der Waals surface area contributed by atoms with Crippen LogP contribution in [0.4, 0.5) is 0 Å². The lowest BCUT2D eigenvalue weighted by atomic mass is 10.1. The van der Waals surface area contributed by atoms with Gasteiger partial charge in [0, 0.05) is 22.0 Å². The monoisotopic (exact) mass is 358 g/mol. The number of aryl methyl sites for hydroxylation is 1. The van der Waals surface area contributed by atoms with Crippen molar-refractivity contribution in [3.63, 3.8) is 0 Å². The first-order chi connectivity index (χ1) is 10.7. The molecule has 1 heterocycles. The second-order valence-electron chi connectivity index (χ2n) is 5.02. The molecule has 3 aromatic rings. The second kappa shape index (κ2) is 6.36. The molecule has 0 bridgehead atoms. The van der Waals surface area contributed by atoms with Crippen molar-refractivity contribution in [2.45, 2.75) is 20.0 Å². The number of hydrogen-bond donors (Lipinski definition) is 0. The van der Waals surface area contributed by atoms with Gasteiger partial charge in [0.05, 0.1) is 0 Å². The number of halogens is 1. The quantitative estimate of drug-likeness (QED) is 0.634. The van der Waals surface area contributed by atoms with Crippen LogP contribution in [0.5, 0.6) is 5.75 Å². The Morgan fingerprint density at radius 1 is 1.14 bits per heavy atom. The molecule has 0 aliphatic heterocycles. The molecule has 0 aliphatic carbocycles. The predicted octanol–water partition coefficient (Wildman–Crippen LogP) is 4.70. The van der Waals surface area contributed by atoms with E-state index in [0.717, 1.165) is 27.4 Å². The zero-order valence-electron chi connectivity index (χ0n) is 12.1. The molecule has 0 radical (unpaired) electrons. The Morgan fingerprint density at radius 3 is 2.77 bits per heavy atom.